The molecule has 0 aromatic carbocycles. The molecule has 2 heterocycles. The average Bonchev–Trinajstić information content (AvgIpc) is 2.93. The summed E-state index contributed by atoms with van der Waals surface area (Å²) in [4.78, 5) is 24.6. The molecule has 2 rings (SSSR count). The molecule has 0 bridgehead atoms. The molecular formula is C12H20N2O3. The summed E-state index contributed by atoms with van der Waals surface area (Å²) >= 11 is 0. The van der Waals surface area contributed by atoms with Crippen LogP contribution in [0, 0.1) is 5.92 Å². The predicted octanol–water partition coefficient (Wildman–Crippen LogP) is 0.150. The Morgan fingerprint density at radius 2 is 2.12 bits per heavy atom. The van der Waals surface area contributed by atoms with Crippen LogP contribution in [0.3, 0.4) is 0 Å². The van der Waals surface area contributed by atoms with E-state index in [9.17, 15) is 9.59 Å². The summed E-state index contributed by atoms with van der Waals surface area (Å²) < 4.78 is 5.37. The van der Waals surface area contributed by atoms with E-state index >= 15 is 0 Å². The first-order chi connectivity index (χ1) is 8.22. The fraction of sp³-hybridized carbons (Fsp3) is 0.833. The molecule has 0 radical (unpaired) electrons. The van der Waals surface area contributed by atoms with Crippen molar-refractivity contribution < 1.29 is 14.3 Å². The first-order valence-electron chi connectivity index (χ1n) is 6.36. The fourth-order valence-corrected chi connectivity index (χ4v) is 2.54. The van der Waals surface area contributed by atoms with E-state index in [1.807, 2.05) is 6.92 Å². The lowest BCUT2D eigenvalue weighted by Gasteiger charge is -2.27. The minimum absolute atomic E-state index is 0.0307. The Bertz CT molecular complexity index is 284. The van der Waals surface area contributed by atoms with Gasteiger partial charge in [-0.15, -0.1) is 0 Å². The molecule has 2 saturated heterocycles. The van der Waals surface area contributed by atoms with Crippen LogP contribution < -0.4 is 5.32 Å². The molecule has 0 aliphatic carbocycles. The predicted molar refractivity (Wildman–Crippen MR) is 62.3 cm³/mol. The van der Waals surface area contributed by atoms with Gasteiger partial charge in [0.1, 0.15) is 0 Å². The zero-order valence-corrected chi connectivity index (χ0v) is 10.3. The van der Waals surface area contributed by atoms with E-state index in [0.717, 1.165) is 26.2 Å². The van der Waals surface area contributed by atoms with Crippen molar-refractivity contribution >= 4 is 11.8 Å². The summed E-state index contributed by atoms with van der Waals surface area (Å²) in [6.45, 7) is 4.90. The lowest BCUT2D eigenvalue weighted by molar-refractivity contribution is -0.139. The number of imide groups is 1. The van der Waals surface area contributed by atoms with Crippen LogP contribution in [0.5, 0.6) is 0 Å². The number of amides is 2. The molecule has 1 N–H and O–H groups in total. The van der Waals surface area contributed by atoms with E-state index < -0.39 is 0 Å². The number of nitrogens with one attached hydrogen (secondary N) is 1. The molecule has 2 unspecified atom stereocenters. The highest BCUT2D eigenvalue weighted by molar-refractivity contribution is 6.01. The summed E-state index contributed by atoms with van der Waals surface area (Å²) in [7, 11) is 0. The first-order valence-corrected chi connectivity index (χ1v) is 6.36. The monoisotopic (exact) mass is 240 g/mol. The average molecular weight is 240 g/mol. The van der Waals surface area contributed by atoms with Gasteiger partial charge in [0.2, 0.25) is 11.8 Å². The van der Waals surface area contributed by atoms with Crippen molar-refractivity contribution in [3.8, 4) is 0 Å². The van der Waals surface area contributed by atoms with Gasteiger partial charge in [0, 0.05) is 38.0 Å². The summed E-state index contributed by atoms with van der Waals surface area (Å²) in [6, 6.07) is 0.175. The number of ether oxygens (including phenoxy) is 1. The van der Waals surface area contributed by atoms with E-state index in [4.69, 9.17) is 4.74 Å². The van der Waals surface area contributed by atoms with E-state index in [1.165, 1.54) is 4.90 Å². The number of likely N-dealkylation sites (tertiary alicyclic amines) is 1. The number of nitrogens with zero attached hydrogens (tertiary/aromatic N) is 1. The van der Waals surface area contributed by atoms with Gasteiger partial charge in [-0.3, -0.25) is 14.5 Å². The Balaban J connectivity index is 1.96. The molecule has 2 amide bonds. The number of rotatable bonds is 5. The second-order valence-electron chi connectivity index (χ2n) is 4.69. The van der Waals surface area contributed by atoms with Crippen LogP contribution in [0.25, 0.3) is 0 Å². The van der Waals surface area contributed by atoms with Crippen LogP contribution in [-0.2, 0) is 14.3 Å². The van der Waals surface area contributed by atoms with Crippen molar-refractivity contribution in [2.24, 2.45) is 5.92 Å². The summed E-state index contributed by atoms with van der Waals surface area (Å²) in [6.07, 6.45) is 1.76. The quantitative estimate of drug-likeness (QED) is 0.695. The molecule has 5 heteroatoms. The SMILES string of the molecule is CCNC(CN1C(=O)CCC1=O)C1CCOC1. The molecule has 0 aromatic rings. The second-order valence-corrected chi connectivity index (χ2v) is 4.69. The Morgan fingerprint density at radius 1 is 1.41 bits per heavy atom. The van der Waals surface area contributed by atoms with Gasteiger partial charge in [-0.25, -0.2) is 0 Å². The third-order valence-corrected chi connectivity index (χ3v) is 3.53. The molecule has 2 atom stereocenters. The molecule has 2 fully saturated rings. The van der Waals surface area contributed by atoms with Gasteiger partial charge >= 0.3 is 0 Å². The Morgan fingerprint density at radius 3 is 2.65 bits per heavy atom. The molecular weight excluding hydrogens is 220 g/mol. The van der Waals surface area contributed by atoms with E-state index in [2.05, 4.69) is 5.32 Å². The van der Waals surface area contributed by atoms with Crippen molar-refractivity contribution in [2.45, 2.75) is 32.2 Å². The van der Waals surface area contributed by atoms with Gasteiger partial charge in [0.15, 0.2) is 0 Å². The smallest absolute Gasteiger partial charge is 0.229 e. The second kappa shape index (κ2) is 5.60. The molecule has 0 spiro atoms. The van der Waals surface area contributed by atoms with Gasteiger partial charge in [-0.1, -0.05) is 6.92 Å². The normalized spacial score (nSPS) is 26.9. The molecule has 2 aliphatic heterocycles. The fourth-order valence-electron chi connectivity index (χ4n) is 2.54. The Hall–Kier alpha value is -0.940. The van der Waals surface area contributed by atoms with Gasteiger partial charge in [0.25, 0.3) is 0 Å². The molecule has 0 aromatic heterocycles. The molecule has 96 valence electrons. The van der Waals surface area contributed by atoms with Gasteiger partial charge in [-0.05, 0) is 13.0 Å². The Kier molecular flexibility index (Phi) is 4.12. The number of hydrogen-bond acceptors (Lipinski definition) is 4. The zero-order chi connectivity index (χ0) is 12.3. The van der Waals surface area contributed by atoms with E-state index in [1.54, 1.807) is 0 Å². The van der Waals surface area contributed by atoms with Gasteiger partial charge < -0.3 is 10.1 Å². The lowest BCUT2D eigenvalue weighted by atomic mass is 9.98. The summed E-state index contributed by atoms with van der Waals surface area (Å²) in [5.41, 5.74) is 0. The van der Waals surface area contributed by atoms with Crippen molar-refractivity contribution in [3.05, 3.63) is 0 Å². The third kappa shape index (κ3) is 2.84. The molecule has 17 heavy (non-hydrogen) atoms. The number of carbonyl (C=O) groups is 2. The topological polar surface area (TPSA) is 58.6 Å². The summed E-state index contributed by atoms with van der Waals surface area (Å²) in [5.74, 6) is 0.352. The minimum atomic E-state index is -0.0307. The van der Waals surface area contributed by atoms with Crippen LogP contribution in [0.4, 0.5) is 0 Å². The van der Waals surface area contributed by atoms with Crippen molar-refractivity contribution in [1.82, 2.24) is 10.2 Å². The summed E-state index contributed by atoms with van der Waals surface area (Å²) in [5, 5.41) is 3.37. The van der Waals surface area contributed by atoms with Crippen LogP contribution in [0.1, 0.15) is 26.2 Å². The zero-order valence-electron chi connectivity index (χ0n) is 10.3. The highest BCUT2D eigenvalue weighted by Gasteiger charge is 2.34. The maximum Gasteiger partial charge on any atom is 0.229 e. The van der Waals surface area contributed by atoms with Crippen molar-refractivity contribution in [3.63, 3.8) is 0 Å². The molecule has 2 aliphatic rings. The van der Waals surface area contributed by atoms with Crippen LogP contribution >= 0.6 is 0 Å². The maximum absolute atomic E-state index is 11.6. The Labute approximate surface area is 101 Å². The number of likely N-dealkylation sites (N-methyl/N-ethyl adjacent to an activating group) is 1. The highest BCUT2D eigenvalue weighted by Crippen LogP contribution is 2.20. The number of hydrogen-bond donors (Lipinski definition) is 1. The van der Waals surface area contributed by atoms with E-state index in [-0.39, 0.29) is 17.9 Å². The maximum atomic E-state index is 11.6. The van der Waals surface area contributed by atoms with Gasteiger partial charge in [0.05, 0.1) is 6.61 Å². The highest BCUT2D eigenvalue weighted by atomic mass is 16.5. The van der Waals surface area contributed by atoms with Crippen LogP contribution in [-0.4, -0.2) is 49.1 Å². The lowest BCUT2D eigenvalue weighted by Crippen LogP contribution is -2.47. The standard InChI is InChI=1S/C12H20N2O3/c1-2-13-10(9-5-6-17-8-9)7-14-11(15)3-4-12(14)16/h9-10,13H,2-8H2,1H3. The van der Waals surface area contributed by atoms with Crippen LogP contribution in [0.15, 0.2) is 0 Å². The largest absolute Gasteiger partial charge is 0.381 e. The van der Waals surface area contributed by atoms with Crippen molar-refractivity contribution in [2.75, 3.05) is 26.3 Å². The first kappa shape index (κ1) is 12.5. The van der Waals surface area contributed by atoms with Gasteiger partial charge in [-0.2, -0.15) is 0 Å². The molecule has 0 saturated carbocycles. The third-order valence-electron chi connectivity index (χ3n) is 3.53. The van der Waals surface area contributed by atoms with E-state index in [0.29, 0.717) is 25.3 Å². The van der Waals surface area contributed by atoms with Crippen molar-refractivity contribution in [1.29, 1.82) is 0 Å². The number of carbonyl (C=O) groups excluding carboxylic acids is 2. The molecule has 5 nitrogen and oxygen atoms in total. The minimum Gasteiger partial charge on any atom is -0.381 e. The van der Waals surface area contributed by atoms with Crippen LogP contribution in [0.2, 0.25) is 0 Å².